The second kappa shape index (κ2) is 7.29. The molecular formula is C22H14ClNO4. The van der Waals surface area contributed by atoms with Crippen LogP contribution in [0.2, 0.25) is 5.02 Å². The Hall–Kier alpha value is -3.44. The van der Waals surface area contributed by atoms with Gasteiger partial charge in [0.1, 0.15) is 11.5 Å². The predicted molar refractivity (Wildman–Crippen MR) is 105 cm³/mol. The molecule has 2 aromatic carbocycles. The molecule has 0 atom stereocenters. The average Bonchev–Trinajstić information content (AvgIpc) is 2.98. The van der Waals surface area contributed by atoms with Crippen LogP contribution in [-0.2, 0) is 0 Å². The number of ether oxygens (including phenoxy) is 2. The van der Waals surface area contributed by atoms with Crippen LogP contribution < -0.4 is 9.47 Å². The summed E-state index contributed by atoms with van der Waals surface area (Å²) in [5, 5.41) is 0.442. The first-order chi connectivity index (χ1) is 13.5. The van der Waals surface area contributed by atoms with Crippen LogP contribution in [0.15, 0.2) is 66.6 Å². The van der Waals surface area contributed by atoms with E-state index in [0.29, 0.717) is 33.2 Å². The molecule has 1 aromatic heterocycles. The van der Waals surface area contributed by atoms with Crippen molar-refractivity contribution in [3.05, 3.63) is 94.0 Å². The van der Waals surface area contributed by atoms with Gasteiger partial charge in [0.2, 0.25) is 5.78 Å². The van der Waals surface area contributed by atoms with Gasteiger partial charge in [-0.15, -0.1) is 0 Å². The maximum Gasteiger partial charge on any atom is 0.343 e. The van der Waals surface area contributed by atoms with Gasteiger partial charge in [0.05, 0.1) is 16.8 Å². The molecule has 0 spiro atoms. The van der Waals surface area contributed by atoms with Crippen molar-refractivity contribution >= 4 is 29.4 Å². The molecule has 6 heteroatoms. The number of allylic oxidation sites excluding steroid dienone is 1. The minimum absolute atomic E-state index is 0.176. The van der Waals surface area contributed by atoms with Crippen molar-refractivity contribution in [1.29, 1.82) is 0 Å². The molecule has 1 aliphatic heterocycles. The molecule has 0 fully saturated rings. The van der Waals surface area contributed by atoms with E-state index in [1.54, 1.807) is 55.6 Å². The molecule has 0 radical (unpaired) electrons. The van der Waals surface area contributed by atoms with E-state index in [9.17, 15) is 9.59 Å². The summed E-state index contributed by atoms with van der Waals surface area (Å²) in [4.78, 5) is 29.2. The fourth-order valence-electron chi connectivity index (χ4n) is 2.91. The summed E-state index contributed by atoms with van der Waals surface area (Å²) < 4.78 is 11.1. The molecule has 0 bridgehead atoms. The van der Waals surface area contributed by atoms with Crippen LogP contribution in [0.4, 0.5) is 0 Å². The van der Waals surface area contributed by atoms with Crippen LogP contribution >= 0.6 is 11.6 Å². The number of benzene rings is 2. The summed E-state index contributed by atoms with van der Waals surface area (Å²) >= 11 is 5.92. The van der Waals surface area contributed by atoms with Gasteiger partial charge in [-0.05, 0) is 48.9 Å². The third-order valence-corrected chi connectivity index (χ3v) is 4.42. The smallest absolute Gasteiger partial charge is 0.343 e. The maximum atomic E-state index is 12.7. The Morgan fingerprint density at radius 3 is 2.75 bits per heavy atom. The summed E-state index contributed by atoms with van der Waals surface area (Å²) in [6.45, 7) is 1.76. The highest BCUT2D eigenvalue weighted by Gasteiger charge is 2.30. The topological polar surface area (TPSA) is 65.5 Å². The second-order valence-electron chi connectivity index (χ2n) is 6.21. The highest BCUT2D eigenvalue weighted by atomic mass is 35.5. The molecular weight excluding hydrogens is 378 g/mol. The van der Waals surface area contributed by atoms with Gasteiger partial charge in [-0.25, -0.2) is 4.79 Å². The van der Waals surface area contributed by atoms with E-state index < -0.39 is 5.97 Å². The highest BCUT2D eigenvalue weighted by molar-refractivity contribution is 6.30. The molecule has 3 aromatic rings. The van der Waals surface area contributed by atoms with Crippen LogP contribution in [0, 0.1) is 6.92 Å². The van der Waals surface area contributed by atoms with Crippen LogP contribution in [0.5, 0.6) is 11.5 Å². The number of ketones is 1. The zero-order valence-corrected chi connectivity index (χ0v) is 15.6. The van der Waals surface area contributed by atoms with Gasteiger partial charge in [-0.3, -0.25) is 9.78 Å². The number of carbonyl (C=O) groups excluding carboxylic acids is 2. The quantitative estimate of drug-likeness (QED) is 0.361. The summed E-state index contributed by atoms with van der Waals surface area (Å²) in [5.41, 5.74) is 2.05. The Balaban J connectivity index is 1.61. The number of Topliss-reactive ketones (excluding diaryl/α,β-unsaturated/α-hetero) is 1. The first-order valence-corrected chi connectivity index (χ1v) is 8.87. The number of aromatic nitrogens is 1. The molecule has 28 heavy (non-hydrogen) atoms. The molecule has 0 amide bonds. The molecule has 0 aliphatic carbocycles. The Bertz CT molecular complexity index is 1120. The van der Waals surface area contributed by atoms with Crippen LogP contribution in [0.3, 0.4) is 0 Å². The largest absolute Gasteiger partial charge is 0.452 e. The molecule has 0 unspecified atom stereocenters. The van der Waals surface area contributed by atoms with Crippen molar-refractivity contribution in [3.8, 4) is 11.5 Å². The molecule has 0 N–H and O–H groups in total. The number of nitrogens with zero attached hydrogens (tertiary/aromatic N) is 1. The second-order valence-corrected chi connectivity index (χ2v) is 6.64. The van der Waals surface area contributed by atoms with Crippen molar-refractivity contribution in [3.63, 3.8) is 0 Å². The maximum absolute atomic E-state index is 12.7. The monoisotopic (exact) mass is 391 g/mol. The lowest BCUT2D eigenvalue weighted by Crippen LogP contribution is -2.08. The zero-order valence-electron chi connectivity index (χ0n) is 14.8. The Morgan fingerprint density at radius 1 is 1.14 bits per heavy atom. The molecule has 1 aliphatic rings. The van der Waals surface area contributed by atoms with Gasteiger partial charge in [0.15, 0.2) is 5.76 Å². The molecule has 0 saturated heterocycles. The summed E-state index contributed by atoms with van der Waals surface area (Å²) in [6.07, 6.45) is 3.22. The third-order valence-electron chi connectivity index (χ3n) is 4.18. The lowest BCUT2D eigenvalue weighted by Gasteiger charge is -2.08. The number of esters is 1. The fourth-order valence-corrected chi connectivity index (χ4v) is 3.10. The molecule has 0 saturated carbocycles. The first kappa shape index (κ1) is 17.9. The standard InChI is InChI=1S/C22H14ClNO4/c1-13-9-17(27-22(26)14-5-4-6-15(23)10-14)12-18-20(13)21(25)19(28-18)11-16-7-2-3-8-24-16/h2-12H,1H3/b19-11-. The van der Waals surface area contributed by atoms with Crippen molar-refractivity contribution in [2.45, 2.75) is 6.92 Å². The summed E-state index contributed by atoms with van der Waals surface area (Å²) in [6, 6.07) is 15.0. The van der Waals surface area contributed by atoms with E-state index in [0.717, 1.165) is 0 Å². The Labute approximate surface area is 166 Å². The molecule has 2 heterocycles. The van der Waals surface area contributed by atoms with Gasteiger partial charge in [0.25, 0.3) is 0 Å². The van der Waals surface area contributed by atoms with E-state index in [2.05, 4.69) is 4.98 Å². The van der Waals surface area contributed by atoms with E-state index in [-0.39, 0.29) is 17.3 Å². The van der Waals surface area contributed by atoms with Crippen LogP contribution in [0.1, 0.15) is 32.0 Å². The SMILES string of the molecule is Cc1cc(OC(=O)c2cccc(Cl)c2)cc2c1C(=O)/C(=C/c1ccccn1)O2. The highest BCUT2D eigenvalue weighted by Crippen LogP contribution is 2.37. The Kier molecular flexibility index (Phi) is 4.67. The third kappa shape index (κ3) is 3.52. The van der Waals surface area contributed by atoms with E-state index in [4.69, 9.17) is 21.1 Å². The first-order valence-electron chi connectivity index (χ1n) is 8.49. The van der Waals surface area contributed by atoms with Gasteiger partial charge in [-0.1, -0.05) is 23.7 Å². The minimum atomic E-state index is -0.546. The lowest BCUT2D eigenvalue weighted by atomic mass is 10.0. The number of hydrogen-bond acceptors (Lipinski definition) is 5. The van der Waals surface area contributed by atoms with E-state index in [1.165, 1.54) is 12.1 Å². The number of pyridine rings is 1. The van der Waals surface area contributed by atoms with Gasteiger partial charge in [0, 0.05) is 23.4 Å². The number of aryl methyl sites for hydroxylation is 1. The lowest BCUT2D eigenvalue weighted by molar-refractivity contribution is 0.0734. The number of rotatable bonds is 3. The summed E-state index contributed by atoms with van der Waals surface area (Å²) in [5.74, 6) is 0.0330. The number of halogens is 1. The Morgan fingerprint density at radius 2 is 2.00 bits per heavy atom. The normalized spacial score (nSPS) is 13.9. The van der Waals surface area contributed by atoms with Crippen molar-refractivity contribution in [1.82, 2.24) is 4.98 Å². The molecule has 5 nitrogen and oxygen atoms in total. The number of fused-ring (bicyclic) bond motifs is 1. The molecule has 138 valence electrons. The molecule has 4 rings (SSSR count). The minimum Gasteiger partial charge on any atom is -0.452 e. The fraction of sp³-hybridized carbons (Fsp3) is 0.0455. The van der Waals surface area contributed by atoms with Crippen LogP contribution in [-0.4, -0.2) is 16.7 Å². The van der Waals surface area contributed by atoms with E-state index >= 15 is 0 Å². The van der Waals surface area contributed by atoms with Crippen LogP contribution in [0.25, 0.3) is 6.08 Å². The summed E-state index contributed by atoms with van der Waals surface area (Å²) in [7, 11) is 0. The van der Waals surface area contributed by atoms with Crippen molar-refractivity contribution in [2.24, 2.45) is 0 Å². The van der Waals surface area contributed by atoms with Crippen molar-refractivity contribution < 1.29 is 19.1 Å². The van der Waals surface area contributed by atoms with Gasteiger partial charge < -0.3 is 9.47 Å². The predicted octanol–water partition coefficient (Wildman–Crippen LogP) is 4.88. The van der Waals surface area contributed by atoms with Crippen molar-refractivity contribution in [2.75, 3.05) is 0 Å². The number of hydrogen-bond donors (Lipinski definition) is 0. The zero-order chi connectivity index (χ0) is 19.7. The average molecular weight is 392 g/mol. The van der Waals surface area contributed by atoms with Gasteiger partial charge >= 0.3 is 5.97 Å². The van der Waals surface area contributed by atoms with E-state index in [1.807, 2.05) is 6.07 Å². The number of carbonyl (C=O) groups is 2. The van der Waals surface area contributed by atoms with Gasteiger partial charge in [-0.2, -0.15) is 0 Å².